The lowest BCUT2D eigenvalue weighted by molar-refractivity contribution is -0.127. The molecule has 1 amide bonds. The summed E-state index contributed by atoms with van der Waals surface area (Å²) in [5.74, 6) is 0.741. The van der Waals surface area contributed by atoms with Crippen molar-refractivity contribution in [2.75, 3.05) is 11.5 Å². The number of nitrogens with one attached hydrogen (secondary N) is 1. The number of carbonyl (C=O) groups is 1. The standard InChI is InChI=1S/C21H21N3O2/c25-21(19-10-5-13-26-19)24(15-20-22-11-12-23-20)18-9-4-8-17(14-18)16-6-2-1-3-7-16/h1-4,6-9,11-12,14,19H,5,10,13,15H2,(H,22,23)/t19-/m0/s1. The van der Waals surface area contributed by atoms with E-state index in [4.69, 9.17) is 4.74 Å². The number of hydrogen-bond acceptors (Lipinski definition) is 3. The van der Waals surface area contributed by atoms with Crippen molar-refractivity contribution < 1.29 is 9.53 Å². The van der Waals surface area contributed by atoms with E-state index in [-0.39, 0.29) is 12.0 Å². The summed E-state index contributed by atoms with van der Waals surface area (Å²) in [6, 6.07) is 18.2. The highest BCUT2D eigenvalue weighted by molar-refractivity contribution is 5.97. The van der Waals surface area contributed by atoms with Crippen LogP contribution in [-0.4, -0.2) is 28.6 Å². The third-order valence-corrected chi connectivity index (χ3v) is 4.60. The maximum atomic E-state index is 13.1. The highest BCUT2D eigenvalue weighted by Crippen LogP contribution is 2.27. The van der Waals surface area contributed by atoms with Crippen molar-refractivity contribution in [3.05, 3.63) is 72.8 Å². The molecular weight excluding hydrogens is 326 g/mol. The van der Waals surface area contributed by atoms with Gasteiger partial charge in [-0.1, -0.05) is 42.5 Å². The van der Waals surface area contributed by atoms with Crippen LogP contribution >= 0.6 is 0 Å². The molecular formula is C21H21N3O2. The quantitative estimate of drug-likeness (QED) is 0.764. The zero-order valence-corrected chi connectivity index (χ0v) is 14.5. The van der Waals surface area contributed by atoms with E-state index in [1.165, 1.54) is 0 Å². The fourth-order valence-electron chi connectivity index (χ4n) is 3.26. The number of aromatic amines is 1. The van der Waals surface area contributed by atoms with Crippen LogP contribution in [0, 0.1) is 0 Å². The lowest BCUT2D eigenvalue weighted by atomic mass is 10.0. The van der Waals surface area contributed by atoms with E-state index in [1.807, 2.05) is 36.4 Å². The van der Waals surface area contributed by atoms with Gasteiger partial charge in [0.25, 0.3) is 5.91 Å². The lowest BCUT2D eigenvalue weighted by Crippen LogP contribution is -2.38. The van der Waals surface area contributed by atoms with Crippen LogP contribution in [0.1, 0.15) is 18.7 Å². The number of benzene rings is 2. The molecule has 5 heteroatoms. The average Bonchev–Trinajstić information content (AvgIpc) is 3.40. The van der Waals surface area contributed by atoms with Crippen molar-refractivity contribution in [1.29, 1.82) is 0 Å². The van der Waals surface area contributed by atoms with E-state index in [9.17, 15) is 4.79 Å². The fraction of sp³-hybridized carbons (Fsp3) is 0.238. The molecule has 1 aromatic heterocycles. The number of aromatic nitrogens is 2. The first-order chi connectivity index (χ1) is 12.8. The van der Waals surface area contributed by atoms with E-state index in [1.54, 1.807) is 17.3 Å². The Morgan fingerprint density at radius 2 is 2.00 bits per heavy atom. The third-order valence-electron chi connectivity index (χ3n) is 4.60. The number of H-pyrrole nitrogens is 1. The number of anilines is 1. The highest BCUT2D eigenvalue weighted by atomic mass is 16.5. The molecule has 0 unspecified atom stereocenters. The van der Waals surface area contributed by atoms with Gasteiger partial charge in [0.15, 0.2) is 0 Å². The zero-order chi connectivity index (χ0) is 17.8. The van der Waals surface area contributed by atoms with E-state index in [2.05, 4.69) is 28.2 Å². The van der Waals surface area contributed by atoms with Crippen LogP contribution < -0.4 is 4.90 Å². The van der Waals surface area contributed by atoms with E-state index >= 15 is 0 Å². The lowest BCUT2D eigenvalue weighted by Gasteiger charge is -2.25. The molecule has 132 valence electrons. The largest absolute Gasteiger partial charge is 0.368 e. The first-order valence-electron chi connectivity index (χ1n) is 8.88. The second-order valence-electron chi connectivity index (χ2n) is 6.38. The predicted octanol–water partition coefficient (Wildman–Crippen LogP) is 3.79. The van der Waals surface area contributed by atoms with Crippen molar-refractivity contribution in [3.63, 3.8) is 0 Å². The summed E-state index contributed by atoms with van der Waals surface area (Å²) in [6.07, 6.45) is 4.79. The summed E-state index contributed by atoms with van der Waals surface area (Å²) < 4.78 is 5.63. The Kier molecular flexibility index (Phi) is 4.80. The number of imidazole rings is 1. The SMILES string of the molecule is O=C([C@@H]1CCCO1)N(Cc1ncc[nH]1)c1cccc(-c2ccccc2)c1. The Balaban J connectivity index is 1.67. The summed E-state index contributed by atoms with van der Waals surface area (Å²) in [5.41, 5.74) is 3.05. The van der Waals surface area contributed by atoms with Gasteiger partial charge < -0.3 is 14.6 Å². The average molecular weight is 347 g/mol. The molecule has 0 spiro atoms. The van der Waals surface area contributed by atoms with E-state index in [0.717, 1.165) is 35.5 Å². The fourth-order valence-corrected chi connectivity index (χ4v) is 3.26. The number of rotatable bonds is 5. The van der Waals surface area contributed by atoms with Crippen molar-refractivity contribution in [1.82, 2.24) is 9.97 Å². The molecule has 0 aliphatic carbocycles. The molecule has 2 heterocycles. The predicted molar refractivity (Wildman–Crippen MR) is 101 cm³/mol. The molecule has 1 N–H and O–H groups in total. The van der Waals surface area contributed by atoms with Crippen molar-refractivity contribution >= 4 is 11.6 Å². The van der Waals surface area contributed by atoms with Gasteiger partial charge in [0.1, 0.15) is 11.9 Å². The van der Waals surface area contributed by atoms with Crippen molar-refractivity contribution in [2.45, 2.75) is 25.5 Å². The highest BCUT2D eigenvalue weighted by Gasteiger charge is 2.29. The first kappa shape index (κ1) is 16.5. The molecule has 0 bridgehead atoms. The van der Waals surface area contributed by atoms with Crippen LogP contribution in [0.15, 0.2) is 67.0 Å². The molecule has 3 aromatic rings. The minimum absolute atomic E-state index is 0.0101. The van der Waals surface area contributed by atoms with Crippen LogP contribution in [0.5, 0.6) is 0 Å². The Bertz CT molecular complexity index is 856. The van der Waals surface area contributed by atoms with Crippen molar-refractivity contribution in [2.24, 2.45) is 0 Å². The number of nitrogens with zero attached hydrogens (tertiary/aromatic N) is 2. The summed E-state index contributed by atoms with van der Waals surface area (Å²) in [4.78, 5) is 22.2. The van der Waals surface area contributed by atoms with Gasteiger partial charge in [-0.2, -0.15) is 0 Å². The first-order valence-corrected chi connectivity index (χ1v) is 8.88. The monoisotopic (exact) mass is 347 g/mol. The summed E-state index contributed by atoms with van der Waals surface area (Å²) >= 11 is 0. The molecule has 1 saturated heterocycles. The molecule has 1 aliphatic heterocycles. The Labute approximate surface area is 152 Å². The number of hydrogen-bond donors (Lipinski definition) is 1. The van der Waals surface area contributed by atoms with E-state index in [0.29, 0.717) is 13.2 Å². The Hall–Kier alpha value is -2.92. The minimum Gasteiger partial charge on any atom is -0.368 e. The normalized spacial score (nSPS) is 16.5. The van der Waals surface area contributed by atoms with Crippen LogP contribution in [0.25, 0.3) is 11.1 Å². The molecule has 5 nitrogen and oxygen atoms in total. The number of amides is 1. The smallest absolute Gasteiger partial charge is 0.256 e. The summed E-state index contributed by atoms with van der Waals surface area (Å²) in [6.45, 7) is 1.04. The molecule has 1 atom stereocenters. The third kappa shape index (κ3) is 3.53. The second-order valence-corrected chi connectivity index (χ2v) is 6.38. The van der Waals surface area contributed by atoms with Gasteiger partial charge in [0, 0.05) is 24.7 Å². The van der Waals surface area contributed by atoms with Crippen LogP contribution in [0.2, 0.25) is 0 Å². The summed E-state index contributed by atoms with van der Waals surface area (Å²) in [5, 5.41) is 0. The number of ether oxygens (including phenoxy) is 1. The molecule has 4 rings (SSSR count). The van der Waals surface area contributed by atoms with Crippen LogP contribution in [0.4, 0.5) is 5.69 Å². The maximum Gasteiger partial charge on any atom is 0.256 e. The molecule has 26 heavy (non-hydrogen) atoms. The van der Waals surface area contributed by atoms with Crippen LogP contribution in [-0.2, 0) is 16.1 Å². The van der Waals surface area contributed by atoms with Gasteiger partial charge in [-0.05, 0) is 36.1 Å². The Morgan fingerprint density at radius 1 is 1.15 bits per heavy atom. The topological polar surface area (TPSA) is 58.2 Å². The van der Waals surface area contributed by atoms with Gasteiger partial charge in [-0.25, -0.2) is 4.98 Å². The minimum atomic E-state index is -0.370. The molecule has 1 fully saturated rings. The van der Waals surface area contributed by atoms with E-state index < -0.39 is 0 Å². The molecule has 2 aromatic carbocycles. The van der Waals surface area contributed by atoms with Gasteiger partial charge in [0.05, 0.1) is 6.54 Å². The van der Waals surface area contributed by atoms with Crippen LogP contribution in [0.3, 0.4) is 0 Å². The van der Waals surface area contributed by atoms with Gasteiger partial charge >= 0.3 is 0 Å². The number of carbonyl (C=O) groups excluding carboxylic acids is 1. The van der Waals surface area contributed by atoms with Gasteiger partial charge in [0.2, 0.25) is 0 Å². The van der Waals surface area contributed by atoms with Gasteiger partial charge in [-0.15, -0.1) is 0 Å². The Morgan fingerprint density at radius 3 is 2.73 bits per heavy atom. The van der Waals surface area contributed by atoms with Gasteiger partial charge in [-0.3, -0.25) is 4.79 Å². The maximum absolute atomic E-state index is 13.1. The molecule has 0 saturated carbocycles. The summed E-state index contributed by atoms with van der Waals surface area (Å²) in [7, 11) is 0. The second kappa shape index (κ2) is 7.54. The molecule has 0 radical (unpaired) electrons. The zero-order valence-electron chi connectivity index (χ0n) is 14.5. The van der Waals surface area contributed by atoms with Crippen molar-refractivity contribution in [3.8, 4) is 11.1 Å². The molecule has 1 aliphatic rings.